The number of hydrogen-bond donors (Lipinski definition) is 1. The van der Waals surface area contributed by atoms with Crippen LogP contribution in [0, 0.1) is 11.6 Å². The lowest BCUT2D eigenvalue weighted by molar-refractivity contribution is 0.695. The average Bonchev–Trinajstić information content (AvgIpc) is 2.01. The third-order valence-electron chi connectivity index (χ3n) is 1.51. The molecule has 0 aromatic carbocycles. The third kappa shape index (κ3) is 1.95. The Morgan fingerprint density at radius 1 is 1.75 bits per heavy atom. The molecule has 1 N–H and O–H groups in total. The van der Waals surface area contributed by atoms with E-state index >= 15 is 0 Å². The van der Waals surface area contributed by atoms with Crippen LogP contribution in [0.5, 0.6) is 0 Å². The van der Waals surface area contributed by atoms with Crippen molar-refractivity contribution in [2.75, 3.05) is 5.88 Å². The highest BCUT2D eigenvalue weighted by molar-refractivity contribution is 7.71. The van der Waals surface area contributed by atoms with Crippen LogP contribution in [-0.4, -0.2) is 15.4 Å². The van der Waals surface area contributed by atoms with Crippen LogP contribution in [0.25, 0.3) is 0 Å². The van der Waals surface area contributed by atoms with Crippen molar-refractivity contribution in [2.45, 2.75) is 13.5 Å². The first-order valence-electron chi connectivity index (χ1n) is 3.51. The Kier molecular flexibility index (Phi) is 3.05. The van der Waals surface area contributed by atoms with Crippen LogP contribution >= 0.6 is 23.8 Å². The summed E-state index contributed by atoms with van der Waals surface area (Å²) in [6.07, 6.45) is 1.71. The second-order valence-corrected chi connectivity index (χ2v) is 3.24. The molecule has 12 heavy (non-hydrogen) atoms. The first kappa shape index (κ1) is 9.48. The van der Waals surface area contributed by atoms with E-state index in [2.05, 4.69) is 4.98 Å². The normalized spacial score (nSPS) is 10.2. The zero-order chi connectivity index (χ0) is 9.14. The van der Waals surface area contributed by atoms with Crippen molar-refractivity contribution in [3.8, 4) is 0 Å². The molecule has 0 fully saturated rings. The average molecular weight is 205 g/mol. The fourth-order valence-electron chi connectivity index (χ4n) is 0.876. The third-order valence-corrected chi connectivity index (χ3v) is 2.11. The minimum atomic E-state index is -0.203. The number of aromatic nitrogens is 2. The van der Waals surface area contributed by atoms with Gasteiger partial charge in [-0.05, 0) is 6.92 Å². The zero-order valence-electron chi connectivity index (χ0n) is 6.63. The van der Waals surface area contributed by atoms with Crippen LogP contribution in [0.3, 0.4) is 0 Å². The molecule has 0 aliphatic carbocycles. The molecule has 0 radical (unpaired) electrons. The summed E-state index contributed by atoms with van der Waals surface area (Å²) in [5.74, 6) is 0.421. The lowest BCUT2D eigenvalue weighted by Gasteiger charge is -2.02. The van der Waals surface area contributed by atoms with Crippen molar-refractivity contribution in [1.29, 1.82) is 0 Å². The van der Waals surface area contributed by atoms with Gasteiger partial charge in [0.25, 0.3) is 0 Å². The van der Waals surface area contributed by atoms with Crippen molar-refractivity contribution < 1.29 is 0 Å². The fourth-order valence-corrected chi connectivity index (χ4v) is 1.20. The minimum Gasteiger partial charge on any atom is -0.299 e. The smallest absolute Gasteiger partial charge is 0.299 e. The van der Waals surface area contributed by atoms with Gasteiger partial charge in [-0.1, -0.05) is 12.2 Å². The van der Waals surface area contributed by atoms with Crippen molar-refractivity contribution >= 4 is 23.8 Å². The van der Waals surface area contributed by atoms with E-state index in [4.69, 9.17) is 23.8 Å². The molecular weight excluding hydrogens is 196 g/mol. The van der Waals surface area contributed by atoms with Gasteiger partial charge in [0.15, 0.2) is 0 Å². The highest BCUT2D eigenvalue weighted by Crippen LogP contribution is 1.94. The molecule has 0 saturated carbocycles. The van der Waals surface area contributed by atoms with Crippen LogP contribution in [0.1, 0.15) is 5.56 Å². The molecule has 1 heterocycles. The Balaban J connectivity index is 3.24. The number of nitrogens with zero attached hydrogens (tertiary/aromatic N) is 1. The van der Waals surface area contributed by atoms with Gasteiger partial charge in [0, 0.05) is 24.2 Å². The van der Waals surface area contributed by atoms with Gasteiger partial charge >= 0.3 is 5.69 Å². The van der Waals surface area contributed by atoms with E-state index in [1.807, 2.05) is 6.92 Å². The lowest BCUT2D eigenvalue weighted by atomic mass is 10.4. The van der Waals surface area contributed by atoms with Gasteiger partial charge < -0.3 is 0 Å². The molecule has 0 aliphatic rings. The summed E-state index contributed by atoms with van der Waals surface area (Å²) >= 11 is 10.4. The Morgan fingerprint density at radius 3 is 3.00 bits per heavy atom. The number of H-pyrrole nitrogens is 1. The molecule has 0 saturated heterocycles. The molecule has 1 rings (SSSR count). The first-order valence-corrected chi connectivity index (χ1v) is 4.45. The molecule has 5 heteroatoms. The summed E-state index contributed by atoms with van der Waals surface area (Å²) in [7, 11) is 0. The maximum atomic E-state index is 11.2. The molecule has 66 valence electrons. The quantitative estimate of drug-likeness (QED) is 0.585. The molecule has 0 spiro atoms. The van der Waals surface area contributed by atoms with Crippen molar-refractivity contribution in [2.24, 2.45) is 0 Å². The SMILES string of the molecule is Cc1cn(CCCl)c(=O)[nH]c1=S. The van der Waals surface area contributed by atoms with Crippen LogP contribution < -0.4 is 5.69 Å². The Morgan fingerprint density at radius 2 is 2.42 bits per heavy atom. The van der Waals surface area contributed by atoms with Crippen molar-refractivity contribution in [1.82, 2.24) is 9.55 Å². The van der Waals surface area contributed by atoms with E-state index in [-0.39, 0.29) is 5.69 Å². The number of aromatic amines is 1. The second kappa shape index (κ2) is 3.87. The lowest BCUT2D eigenvalue weighted by Crippen LogP contribution is -2.23. The van der Waals surface area contributed by atoms with Crippen LogP contribution in [0.4, 0.5) is 0 Å². The molecular formula is C7H9ClN2OS. The number of hydrogen-bond acceptors (Lipinski definition) is 2. The van der Waals surface area contributed by atoms with E-state index in [1.165, 1.54) is 4.57 Å². The predicted molar refractivity (Wildman–Crippen MR) is 51.3 cm³/mol. The molecule has 0 amide bonds. The Bertz CT molecular complexity index is 382. The highest BCUT2D eigenvalue weighted by Gasteiger charge is 1.96. The van der Waals surface area contributed by atoms with Gasteiger partial charge in [0.1, 0.15) is 4.64 Å². The van der Waals surface area contributed by atoms with Gasteiger partial charge in [0.2, 0.25) is 0 Å². The van der Waals surface area contributed by atoms with Crippen LogP contribution in [0.15, 0.2) is 11.0 Å². The summed E-state index contributed by atoms with van der Waals surface area (Å²) in [6.45, 7) is 2.36. The standard InChI is InChI=1S/C7H9ClN2OS/c1-5-4-10(3-2-8)7(11)9-6(5)12/h4H,2-3H2,1H3,(H,9,11,12). The summed E-state index contributed by atoms with van der Waals surface area (Å²) in [4.78, 5) is 13.7. The molecule has 0 aliphatic heterocycles. The maximum Gasteiger partial charge on any atom is 0.326 e. The van der Waals surface area contributed by atoms with E-state index in [9.17, 15) is 4.79 Å². The summed E-state index contributed by atoms with van der Waals surface area (Å²) in [5.41, 5.74) is 0.681. The zero-order valence-corrected chi connectivity index (χ0v) is 8.21. The molecule has 1 aromatic heterocycles. The van der Waals surface area contributed by atoms with Gasteiger partial charge in [-0.2, -0.15) is 0 Å². The van der Waals surface area contributed by atoms with E-state index in [0.717, 1.165) is 5.56 Å². The molecule has 0 atom stereocenters. The van der Waals surface area contributed by atoms with Gasteiger partial charge in [-0.3, -0.25) is 9.55 Å². The van der Waals surface area contributed by atoms with E-state index < -0.39 is 0 Å². The highest BCUT2D eigenvalue weighted by atomic mass is 35.5. The number of alkyl halides is 1. The maximum absolute atomic E-state index is 11.2. The predicted octanol–water partition coefficient (Wildman–Crippen LogP) is 1.45. The minimum absolute atomic E-state index is 0.203. The second-order valence-electron chi connectivity index (χ2n) is 2.45. The molecule has 0 bridgehead atoms. The van der Waals surface area contributed by atoms with Crippen LogP contribution in [0.2, 0.25) is 0 Å². The van der Waals surface area contributed by atoms with E-state index in [1.54, 1.807) is 6.20 Å². The van der Waals surface area contributed by atoms with Crippen LogP contribution in [-0.2, 0) is 6.54 Å². The largest absolute Gasteiger partial charge is 0.326 e. The monoisotopic (exact) mass is 204 g/mol. The van der Waals surface area contributed by atoms with Crippen molar-refractivity contribution in [3.63, 3.8) is 0 Å². The Labute approximate surface area is 80.0 Å². The summed E-state index contributed by atoms with van der Waals surface area (Å²) in [5, 5.41) is 0. The van der Waals surface area contributed by atoms with Gasteiger partial charge in [-0.25, -0.2) is 4.79 Å². The Hall–Kier alpha value is -0.610. The fraction of sp³-hybridized carbons (Fsp3) is 0.429. The molecule has 3 nitrogen and oxygen atoms in total. The van der Waals surface area contributed by atoms with Crippen molar-refractivity contribution in [3.05, 3.63) is 26.9 Å². The molecule has 0 unspecified atom stereocenters. The topological polar surface area (TPSA) is 37.8 Å². The summed E-state index contributed by atoms with van der Waals surface area (Å²) in [6, 6.07) is 0. The number of nitrogens with one attached hydrogen (secondary N) is 1. The van der Waals surface area contributed by atoms with E-state index in [0.29, 0.717) is 17.1 Å². The van der Waals surface area contributed by atoms with Gasteiger partial charge in [-0.15, -0.1) is 11.6 Å². The molecule has 1 aromatic rings. The number of rotatable bonds is 2. The first-order chi connectivity index (χ1) is 5.65. The number of aryl methyl sites for hydroxylation is 2. The number of halogens is 1. The summed E-state index contributed by atoms with van der Waals surface area (Å²) < 4.78 is 2.00. The van der Waals surface area contributed by atoms with Gasteiger partial charge in [0.05, 0.1) is 0 Å².